The number of rotatable bonds is 12. The molecule has 2 nitrogen and oxygen atoms in total. The van der Waals surface area contributed by atoms with Crippen molar-refractivity contribution in [3.63, 3.8) is 0 Å². The van der Waals surface area contributed by atoms with E-state index in [-0.39, 0.29) is 6.10 Å². The maximum Gasteiger partial charge on any atom is 0.293 e. The van der Waals surface area contributed by atoms with Gasteiger partial charge in [0.1, 0.15) is 0 Å². The summed E-state index contributed by atoms with van der Waals surface area (Å²) in [6.07, 6.45) is 13.2. The third-order valence-corrected chi connectivity index (χ3v) is 3.00. The molecule has 0 aliphatic carbocycles. The van der Waals surface area contributed by atoms with Crippen LogP contribution in [0.2, 0.25) is 0 Å². The smallest absolute Gasteiger partial charge is 0.293 e. The topological polar surface area (TPSA) is 26.3 Å². The van der Waals surface area contributed by atoms with Crippen molar-refractivity contribution in [2.24, 2.45) is 0 Å². The highest BCUT2D eigenvalue weighted by atomic mass is 16.5. The van der Waals surface area contributed by atoms with E-state index in [4.69, 9.17) is 4.74 Å². The summed E-state index contributed by atoms with van der Waals surface area (Å²) in [6, 6.07) is 0. The van der Waals surface area contributed by atoms with Gasteiger partial charge in [0.25, 0.3) is 6.47 Å². The molecular formula is C14H28O2. The summed E-state index contributed by atoms with van der Waals surface area (Å²) in [6.45, 7) is 4.76. The van der Waals surface area contributed by atoms with Crippen LogP contribution < -0.4 is 0 Å². The molecule has 2 heteroatoms. The molecule has 0 saturated carbocycles. The van der Waals surface area contributed by atoms with Gasteiger partial charge in [-0.25, -0.2) is 0 Å². The molecule has 0 aromatic carbocycles. The number of carbonyl (C=O) groups excluding carboxylic acids is 1. The van der Waals surface area contributed by atoms with Crippen LogP contribution in [0, 0.1) is 0 Å². The van der Waals surface area contributed by atoms with Gasteiger partial charge in [0.2, 0.25) is 0 Å². The van der Waals surface area contributed by atoms with Crippen LogP contribution in [0.15, 0.2) is 0 Å². The Morgan fingerprint density at radius 2 is 1.44 bits per heavy atom. The summed E-state index contributed by atoms with van der Waals surface area (Å²) in [5, 5.41) is 0. The molecule has 1 unspecified atom stereocenters. The predicted octanol–water partition coefficient (Wildman–Crippen LogP) is 4.47. The SMILES string of the molecule is CCCCCCCCCCCC(C)OC=O. The molecule has 0 N–H and O–H groups in total. The Labute approximate surface area is 101 Å². The van der Waals surface area contributed by atoms with Gasteiger partial charge in [-0.15, -0.1) is 0 Å². The van der Waals surface area contributed by atoms with Crippen molar-refractivity contribution in [3.05, 3.63) is 0 Å². The summed E-state index contributed by atoms with van der Waals surface area (Å²) in [7, 11) is 0. The van der Waals surface area contributed by atoms with Crippen LogP contribution in [0.1, 0.15) is 78.1 Å². The Kier molecular flexibility index (Phi) is 12.1. The number of hydrogen-bond acceptors (Lipinski definition) is 2. The predicted molar refractivity (Wildman–Crippen MR) is 68.5 cm³/mol. The van der Waals surface area contributed by atoms with Gasteiger partial charge in [-0.3, -0.25) is 4.79 Å². The summed E-state index contributed by atoms with van der Waals surface area (Å²) >= 11 is 0. The van der Waals surface area contributed by atoms with E-state index in [1.54, 1.807) is 0 Å². The second kappa shape index (κ2) is 12.5. The molecule has 0 heterocycles. The summed E-state index contributed by atoms with van der Waals surface area (Å²) in [5.41, 5.74) is 0. The van der Waals surface area contributed by atoms with Crippen LogP contribution in [0.5, 0.6) is 0 Å². The molecule has 0 aromatic rings. The normalized spacial score (nSPS) is 12.4. The molecule has 0 aliphatic rings. The average Bonchev–Trinajstić information content (AvgIpc) is 2.27. The molecule has 0 amide bonds. The molecule has 0 bridgehead atoms. The fourth-order valence-corrected chi connectivity index (χ4v) is 1.91. The molecule has 0 rings (SSSR count). The molecule has 16 heavy (non-hydrogen) atoms. The zero-order chi connectivity index (χ0) is 12.1. The van der Waals surface area contributed by atoms with Crippen LogP contribution in [-0.2, 0) is 9.53 Å². The standard InChI is InChI=1S/C14H28O2/c1-3-4-5-6-7-8-9-10-11-12-14(2)16-13-15/h13-14H,3-12H2,1-2H3. The average molecular weight is 228 g/mol. The number of carbonyl (C=O) groups is 1. The first kappa shape index (κ1) is 15.5. The highest BCUT2D eigenvalue weighted by Gasteiger charge is 2.00. The van der Waals surface area contributed by atoms with Crippen LogP contribution >= 0.6 is 0 Å². The van der Waals surface area contributed by atoms with E-state index in [1.165, 1.54) is 57.8 Å². The summed E-state index contributed by atoms with van der Waals surface area (Å²) in [5.74, 6) is 0. The number of hydrogen-bond donors (Lipinski definition) is 0. The summed E-state index contributed by atoms with van der Waals surface area (Å²) < 4.78 is 4.83. The van der Waals surface area contributed by atoms with E-state index >= 15 is 0 Å². The molecule has 0 fully saturated rings. The Hall–Kier alpha value is -0.530. The molecule has 96 valence electrons. The third kappa shape index (κ3) is 11.5. The largest absolute Gasteiger partial charge is 0.465 e. The van der Waals surface area contributed by atoms with Crippen LogP contribution in [0.25, 0.3) is 0 Å². The molecule has 0 saturated heterocycles. The first-order chi connectivity index (χ1) is 7.81. The molecule has 0 radical (unpaired) electrons. The van der Waals surface area contributed by atoms with Crippen molar-refractivity contribution in [3.8, 4) is 0 Å². The van der Waals surface area contributed by atoms with E-state index in [0.717, 1.165) is 6.42 Å². The van der Waals surface area contributed by atoms with Crippen LogP contribution in [0.4, 0.5) is 0 Å². The van der Waals surface area contributed by atoms with Gasteiger partial charge in [-0.2, -0.15) is 0 Å². The van der Waals surface area contributed by atoms with E-state index in [0.29, 0.717) is 6.47 Å². The van der Waals surface area contributed by atoms with Crippen molar-refractivity contribution in [2.75, 3.05) is 0 Å². The minimum Gasteiger partial charge on any atom is -0.465 e. The fourth-order valence-electron chi connectivity index (χ4n) is 1.91. The highest BCUT2D eigenvalue weighted by Crippen LogP contribution is 2.11. The van der Waals surface area contributed by atoms with Gasteiger partial charge in [0.05, 0.1) is 6.10 Å². The van der Waals surface area contributed by atoms with Crippen molar-refractivity contribution >= 4 is 6.47 Å². The van der Waals surface area contributed by atoms with E-state index in [9.17, 15) is 4.79 Å². The van der Waals surface area contributed by atoms with Gasteiger partial charge in [-0.05, 0) is 19.8 Å². The lowest BCUT2D eigenvalue weighted by molar-refractivity contribution is -0.133. The lowest BCUT2D eigenvalue weighted by atomic mass is 10.1. The fraction of sp³-hybridized carbons (Fsp3) is 0.929. The lowest BCUT2D eigenvalue weighted by Crippen LogP contribution is -2.05. The first-order valence-electron chi connectivity index (χ1n) is 6.90. The quantitative estimate of drug-likeness (QED) is 0.364. The Bertz CT molecular complexity index is 146. The van der Waals surface area contributed by atoms with Gasteiger partial charge >= 0.3 is 0 Å². The minimum absolute atomic E-state index is 0.0991. The Balaban J connectivity index is 3.00. The maximum absolute atomic E-state index is 10.1. The highest BCUT2D eigenvalue weighted by molar-refractivity contribution is 5.37. The van der Waals surface area contributed by atoms with Crippen molar-refractivity contribution < 1.29 is 9.53 Å². The van der Waals surface area contributed by atoms with Crippen LogP contribution in [-0.4, -0.2) is 12.6 Å². The Morgan fingerprint density at radius 1 is 0.938 bits per heavy atom. The molecular weight excluding hydrogens is 200 g/mol. The van der Waals surface area contributed by atoms with Gasteiger partial charge < -0.3 is 4.74 Å². The van der Waals surface area contributed by atoms with Gasteiger partial charge in [-0.1, -0.05) is 58.3 Å². The third-order valence-electron chi connectivity index (χ3n) is 3.00. The first-order valence-corrected chi connectivity index (χ1v) is 6.90. The monoisotopic (exact) mass is 228 g/mol. The van der Waals surface area contributed by atoms with E-state index in [1.807, 2.05) is 6.92 Å². The van der Waals surface area contributed by atoms with Crippen LogP contribution in [0.3, 0.4) is 0 Å². The lowest BCUT2D eigenvalue weighted by Gasteiger charge is -2.08. The second-order valence-corrected chi connectivity index (χ2v) is 4.66. The molecule has 1 atom stereocenters. The zero-order valence-corrected chi connectivity index (χ0v) is 11.0. The van der Waals surface area contributed by atoms with Crippen molar-refractivity contribution in [1.29, 1.82) is 0 Å². The minimum atomic E-state index is 0.0991. The molecule has 0 aliphatic heterocycles. The number of ether oxygens (including phenoxy) is 1. The molecule has 0 spiro atoms. The summed E-state index contributed by atoms with van der Waals surface area (Å²) in [4.78, 5) is 10.1. The zero-order valence-electron chi connectivity index (χ0n) is 11.0. The van der Waals surface area contributed by atoms with Gasteiger partial charge in [0, 0.05) is 0 Å². The Morgan fingerprint density at radius 3 is 1.94 bits per heavy atom. The maximum atomic E-state index is 10.1. The van der Waals surface area contributed by atoms with Crippen molar-refractivity contribution in [2.45, 2.75) is 84.2 Å². The van der Waals surface area contributed by atoms with Gasteiger partial charge in [0.15, 0.2) is 0 Å². The second-order valence-electron chi connectivity index (χ2n) is 4.66. The molecule has 0 aromatic heterocycles. The van der Waals surface area contributed by atoms with E-state index < -0.39 is 0 Å². The van der Waals surface area contributed by atoms with Crippen molar-refractivity contribution in [1.82, 2.24) is 0 Å². The van der Waals surface area contributed by atoms with E-state index in [2.05, 4.69) is 6.92 Å². The number of unbranched alkanes of at least 4 members (excludes halogenated alkanes) is 8.